The molecule has 0 aromatic heterocycles. The first-order chi connectivity index (χ1) is 14.7. The number of likely N-dealkylation sites (N-methyl/N-ethyl adjacent to an activating group) is 1. The predicted octanol–water partition coefficient (Wildman–Crippen LogP) is 2.76. The molecule has 31 heavy (non-hydrogen) atoms. The number of halogens is 1. The highest BCUT2D eigenvalue weighted by Crippen LogP contribution is 2.19. The summed E-state index contributed by atoms with van der Waals surface area (Å²) >= 11 is 0. The summed E-state index contributed by atoms with van der Waals surface area (Å²) in [4.78, 5) is 18.3. The van der Waals surface area contributed by atoms with Crippen molar-refractivity contribution in [3.63, 3.8) is 0 Å². The van der Waals surface area contributed by atoms with Crippen molar-refractivity contribution in [2.75, 3.05) is 38.2 Å². The molecule has 3 N–H and O–H groups in total. The molecule has 2 aromatic carbocycles. The minimum absolute atomic E-state index is 0. The first kappa shape index (κ1) is 24.8. The van der Waals surface area contributed by atoms with Gasteiger partial charge >= 0.3 is 0 Å². The predicted molar refractivity (Wildman–Crippen MR) is 136 cm³/mol. The molecule has 8 heteroatoms. The van der Waals surface area contributed by atoms with Gasteiger partial charge in [0.25, 0.3) is 5.91 Å². The van der Waals surface area contributed by atoms with Crippen molar-refractivity contribution >= 4 is 41.5 Å². The molecule has 1 saturated heterocycles. The molecular formula is C23H32IN5O2. The van der Waals surface area contributed by atoms with E-state index < -0.39 is 0 Å². The maximum Gasteiger partial charge on any atom is 0.257 e. The topological polar surface area (TPSA) is 78.0 Å². The van der Waals surface area contributed by atoms with E-state index >= 15 is 0 Å². The Kier molecular flexibility index (Phi) is 10.4. The summed E-state index contributed by atoms with van der Waals surface area (Å²) in [5.41, 5.74) is 2.32. The number of rotatable bonds is 8. The first-order valence-electron chi connectivity index (χ1n) is 10.4. The molecule has 3 rings (SSSR count). The van der Waals surface area contributed by atoms with E-state index in [0.717, 1.165) is 31.0 Å². The molecule has 1 fully saturated rings. The van der Waals surface area contributed by atoms with Crippen LogP contribution in [-0.4, -0.2) is 51.2 Å². The highest BCUT2D eigenvalue weighted by Gasteiger charge is 2.23. The molecule has 0 saturated carbocycles. The summed E-state index contributed by atoms with van der Waals surface area (Å²) in [5.74, 6) is 1.34. The number of carbonyl (C=O) groups excluding carboxylic acids is 1. The Bertz CT molecular complexity index is 847. The Morgan fingerprint density at radius 2 is 1.97 bits per heavy atom. The molecule has 7 nitrogen and oxygen atoms in total. The lowest BCUT2D eigenvalue weighted by Gasteiger charge is -2.20. The van der Waals surface area contributed by atoms with Crippen LogP contribution in [0.2, 0.25) is 0 Å². The van der Waals surface area contributed by atoms with Crippen LogP contribution in [0.1, 0.15) is 18.9 Å². The van der Waals surface area contributed by atoms with Crippen molar-refractivity contribution in [2.45, 2.75) is 25.9 Å². The Labute approximate surface area is 201 Å². The standard InChI is InChI=1S/C23H31N5O2.HI/c1-3-25-22(29)17-30-21-11-7-8-18(14-21)15-26-23(24-2)27-19-12-13-28(16-19)20-9-5-4-6-10-20;/h4-11,14,19H,3,12-13,15-17H2,1-2H3,(H,25,29)(H2,24,26,27);1H. The van der Waals surface area contributed by atoms with Crippen LogP contribution < -0.4 is 25.6 Å². The molecule has 168 valence electrons. The van der Waals surface area contributed by atoms with Gasteiger partial charge in [0.1, 0.15) is 5.75 Å². The molecule has 0 bridgehead atoms. The quantitative estimate of drug-likeness (QED) is 0.274. The number of hydrogen-bond acceptors (Lipinski definition) is 4. The van der Waals surface area contributed by atoms with Gasteiger partial charge in [-0.05, 0) is 43.2 Å². The molecule has 2 aromatic rings. The fraction of sp³-hybridized carbons (Fsp3) is 0.391. The third-order valence-electron chi connectivity index (χ3n) is 4.98. The van der Waals surface area contributed by atoms with Crippen LogP contribution in [0.25, 0.3) is 0 Å². The van der Waals surface area contributed by atoms with E-state index in [9.17, 15) is 4.79 Å². The van der Waals surface area contributed by atoms with Crippen molar-refractivity contribution < 1.29 is 9.53 Å². The summed E-state index contributed by atoms with van der Waals surface area (Å²) in [6, 6.07) is 18.6. The zero-order chi connectivity index (χ0) is 21.2. The number of ether oxygens (including phenoxy) is 1. The maximum atomic E-state index is 11.6. The normalized spacial score (nSPS) is 15.7. The third-order valence-corrected chi connectivity index (χ3v) is 4.98. The molecule has 1 atom stereocenters. The van der Waals surface area contributed by atoms with Crippen LogP contribution in [0.15, 0.2) is 59.6 Å². The fourth-order valence-corrected chi connectivity index (χ4v) is 3.47. The van der Waals surface area contributed by atoms with Gasteiger partial charge in [-0.25, -0.2) is 0 Å². The van der Waals surface area contributed by atoms with E-state index in [4.69, 9.17) is 4.74 Å². The summed E-state index contributed by atoms with van der Waals surface area (Å²) in [6.07, 6.45) is 1.07. The van der Waals surface area contributed by atoms with Crippen LogP contribution in [0.3, 0.4) is 0 Å². The highest BCUT2D eigenvalue weighted by atomic mass is 127. The second-order valence-corrected chi connectivity index (χ2v) is 7.23. The van der Waals surface area contributed by atoms with E-state index in [0.29, 0.717) is 24.9 Å². The number of aliphatic imine (C=N–C) groups is 1. The smallest absolute Gasteiger partial charge is 0.257 e. The van der Waals surface area contributed by atoms with Gasteiger partial charge in [-0.15, -0.1) is 24.0 Å². The van der Waals surface area contributed by atoms with Crippen LogP contribution in [0.5, 0.6) is 5.75 Å². The van der Waals surface area contributed by atoms with Crippen molar-refractivity contribution in [1.29, 1.82) is 0 Å². The van der Waals surface area contributed by atoms with Gasteiger partial charge in [-0.1, -0.05) is 30.3 Å². The second-order valence-electron chi connectivity index (χ2n) is 7.23. The lowest BCUT2D eigenvalue weighted by molar-refractivity contribution is -0.122. The van der Waals surface area contributed by atoms with E-state index in [1.54, 1.807) is 7.05 Å². The molecule has 0 aliphatic carbocycles. The summed E-state index contributed by atoms with van der Waals surface area (Å²) in [7, 11) is 1.78. The van der Waals surface area contributed by atoms with Gasteiger partial charge in [-0.3, -0.25) is 9.79 Å². The molecular weight excluding hydrogens is 505 g/mol. The zero-order valence-electron chi connectivity index (χ0n) is 18.1. The highest BCUT2D eigenvalue weighted by molar-refractivity contribution is 14.0. The van der Waals surface area contributed by atoms with Crippen LogP contribution >= 0.6 is 24.0 Å². The van der Waals surface area contributed by atoms with E-state index in [2.05, 4.69) is 50.1 Å². The van der Waals surface area contributed by atoms with Gasteiger partial charge < -0.3 is 25.6 Å². The fourth-order valence-electron chi connectivity index (χ4n) is 3.47. The van der Waals surface area contributed by atoms with Crippen LogP contribution in [0.4, 0.5) is 5.69 Å². The Morgan fingerprint density at radius 3 is 2.71 bits per heavy atom. The second kappa shape index (κ2) is 13.0. The molecule has 1 heterocycles. The molecule has 1 amide bonds. The van der Waals surface area contributed by atoms with Crippen molar-refractivity contribution in [2.24, 2.45) is 4.99 Å². The first-order valence-corrected chi connectivity index (χ1v) is 10.4. The van der Waals surface area contributed by atoms with E-state index in [1.807, 2.05) is 37.3 Å². The van der Waals surface area contributed by atoms with Gasteiger partial charge in [-0.2, -0.15) is 0 Å². The van der Waals surface area contributed by atoms with Crippen LogP contribution in [-0.2, 0) is 11.3 Å². The van der Waals surface area contributed by atoms with Crippen molar-refractivity contribution in [3.05, 3.63) is 60.2 Å². The lowest BCUT2D eigenvalue weighted by Crippen LogP contribution is -2.44. The van der Waals surface area contributed by atoms with E-state index in [-0.39, 0.29) is 36.5 Å². The molecule has 1 unspecified atom stereocenters. The van der Waals surface area contributed by atoms with Gasteiger partial charge in [0.15, 0.2) is 12.6 Å². The van der Waals surface area contributed by atoms with Crippen molar-refractivity contribution in [3.8, 4) is 5.75 Å². The summed E-state index contributed by atoms with van der Waals surface area (Å²) in [5, 5.41) is 9.60. The van der Waals surface area contributed by atoms with Crippen molar-refractivity contribution in [1.82, 2.24) is 16.0 Å². The number of nitrogens with zero attached hydrogens (tertiary/aromatic N) is 2. The van der Waals surface area contributed by atoms with Crippen LogP contribution in [0, 0.1) is 0 Å². The number of guanidine groups is 1. The number of nitrogens with one attached hydrogen (secondary N) is 3. The Hall–Kier alpha value is -2.49. The number of carbonyl (C=O) groups is 1. The third kappa shape index (κ3) is 7.93. The van der Waals surface area contributed by atoms with Gasteiger partial charge in [0.05, 0.1) is 0 Å². The number of amides is 1. The minimum atomic E-state index is -0.119. The van der Waals surface area contributed by atoms with Gasteiger partial charge in [0, 0.05) is 45.0 Å². The number of para-hydroxylation sites is 1. The molecule has 0 radical (unpaired) electrons. The monoisotopic (exact) mass is 537 g/mol. The SMILES string of the molecule is CCNC(=O)COc1cccc(CNC(=NC)NC2CCN(c3ccccc3)C2)c1.I. The average Bonchev–Trinajstić information content (AvgIpc) is 3.25. The largest absolute Gasteiger partial charge is 0.484 e. The summed E-state index contributed by atoms with van der Waals surface area (Å²) in [6.45, 7) is 5.11. The average molecular weight is 537 g/mol. The van der Waals surface area contributed by atoms with E-state index in [1.165, 1.54) is 5.69 Å². The van der Waals surface area contributed by atoms with Gasteiger partial charge in [0.2, 0.25) is 0 Å². The Morgan fingerprint density at radius 1 is 1.16 bits per heavy atom. The molecule has 1 aliphatic heterocycles. The number of benzene rings is 2. The maximum absolute atomic E-state index is 11.6. The minimum Gasteiger partial charge on any atom is -0.484 e. The number of anilines is 1. The molecule has 0 spiro atoms. The molecule has 1 aliphatic rings. The zero-order valence-corrected chi connectivity index (χ0v) is 20.5. The summed E-state index contributed by atoms with van der Waals surface area (Å²) < 4.78 is 5.56. The Balaban J connectivity index is 0.00000341. The lowest BCUT2D eigenvalue weighted by atomic mass is 10.2. The number of hydrogen-bond donors (Lipinski definition) is 3.